The summed E-state index contributed by atoms with van der Waals surface area (Å²) in [5.74, 6) is 1.01. The van der Waals surface area contributed by atoms with Crippen LogP contribution in [0.3, 0.4) is 0 Å². The lowest BCUT2D eigenvalue weighted by Crippen LogP contribution is -2.52. The Bertz CT molecular complexity index is 854. The molecule has 1 aliphatic rings. The molecule has 1 saturated heterocycles. The van der Waals surface area contributed by atoms with E-state index in [-0.39, 0.29) is 23.5 Å². The van der Waals surface area contributed by atoms with Gasteiger partial charge in [-0.1, -0.05) is 26.0 Å². The number of piperidine rings is 1. The van der Waals surface area contributed by atoms with Gasteiger partial charge in [-0.05, 0) is 66.6 Å². The van der Waals surface area contributed by atoms with E-state index in [1.54, 1.807) is 43.5 Å². The molecule has 0 spiro atoms. The van der Waals surface area contributed by atoms with E-state index in [0.717, 1.165) is 12.8 Å². The first kappa shape index (κ1) is 21.7. The van der Waals surface area contributed by atoms with Crippen LogP contribution < -0.4 is 10.1 Å². The minimum Gasteiger partial charge on any atom is -0.508 e. The molecule has 30 heavy (non-hydrogen) atoms. The van der Waals surface area contributed by atoms with Crippen molar-refractivity contribution >= 4 is 11.8 Å². The number of carbonyl (C=O) groups is 2. The van der Waals surface area contributed by atoms with E-state index >= 15 is 0 Å². The first-order valence-corrected chi connectivity index (χ1v) is 10.4. The molecule has 1 unspecified atom stereocenters. The first-order chi connectivity index (χ1) is 14.4. The predicted molar refractivity (Wildman–Crippen MR) is 116 cm³/mol. The fourth-order valence-electron chi connectivity index (χ4n) is 3.86. The summed E-state index contributed by atoms with van der Waals surface area (Å²) in [6.45, 7) is 5.21. The van der Waals surface area contributed by atoms with Gasteiger partial charge in [0, 0.05) is 18.7 Å². The molecule has 1 fully saturated rings. The fraction of sp³-hybridized carbons (Fsp3) is 0.417. The Kier molecular flexibility index (Phi) is 6.98. The fourth-order valence-corrected chi connectivity index (χ4v) is 3.86. The van der Waals surface area contributed by atoms with Gasteiger partial charge in [0.15, 0.2) is 0 Å². The third-order valence-electron chi connectivity index (χ3n) is 5.74. The number of amides is 2. The van der Waals surface area contributed by atoms with Gasteiger partial charge in [0.05, 0.1) is 7.11 Å². The van der Waals surface area contributed by atoms with Gasteiger partial charge < -0.3 is 20.1 Å². The minimum absolute atomic E-state index is 0.0190. The van der Waals surface area contributed by atoms with Gasteiger partial charge in [-0.15, -0.1) is 0 Å². The van der Waals surface area contributed by atoms with Crippen molar-refractivity contribution in [2.24, 2.45) is 5.92 Å². The molecule has 160 valence electrons. The number of carbonyl (C=O) groups excluding carboxylic acids is 2. The van der Waals surface area contributed by atoms with Crippen LogP contribution in [0.15, 0.2) is 48.5 Å². The van der Waals surface area contributed by atoms with Crippen LogP contribution in [0.5, 0.6) is 11.5 Å². The lowest BCUT2D eigenvalue weighted by atomic mass is 9.89. The highest BCUT2D eigenvalue weighted by atomic mass is 16.5. The number of nitrogens with zero attached hydrogens (tertiary/aromatic N) is 1. The Morgan fingerprint density at radius 2 is 1.63 bits per heavy atom. The van der Waals surface area contributed by atoms with E-state index in [4.69, 9.17) is 4.74 Å². The number of ether oxygens (including phenoxy) is 1. The summed E-state index contributed by atoms with van der Waals surface area (Å²) in [4.78, 5) is 27.7. The van der Waals surface area contributed by atoms with Crippen LogP contribution in [0.1, 0.15) is 48.5 Å². The molecule has 6 heteroatoms. The molecule has 2 aromatic rings. The Labute approximate surface area is 177 Å². The maximum Gasteiger partial charge on any atom is 0.251 e. The number of aromatic hydroxyl groups is 1. The molecule has 0 aromatic heterocycles. The number of rotatable bonds is 6. The number of benzene rings is 2. The van der Waals surface area contributed by atoms with E-state index < -0.39 is 6.04 Å². The lowest BCUT2D eigenvalue weighted by molar-refractivity contribution is -0.135. The summed E-state index contributed by atoms with van der Waals surface area (Å²) in [6, 6.07) is 13.6. The highest BCUT2D eigenvalue weighted by molar-refractivity contribution is 5.97. The molecule has 0 saturated carbocycles. The van der Waals surface area contributed by atoms with Crippen molar-refractivity contribution in [1.82, 2.24) is 10.2 Å². The van der Waals surface area contributed by atoms with Crippen LogP contribution in [-0.4, -0.2) is 48.1 Å². The molecule has 1 atom stereocenters. The average Bonchev–Trinajstić information content (AvgIpc) is 2.77. The van der Waals surface area contributed by atoms with Gasteiger partial charge in [0.25, 0.3) is 5.91 Å². The van der Waals surface area contributed by atoms with Crippen molar-refractivity contribution in [3.63, 3.8) is 0 Å². The second kappa shape index (κ2) is 9.65. The highest BCUT2D eigenvalue weighted by Crippen LogP contribution is 2.29. The van der Waals surface area contributed by atoms with Crippen molar-refractivity contribution in [3.8, 4) is 11.5 Å². The molecule has 2 aromatic carbocycles. The number of hydrogen-bond donors (Lipinski definition) is 2. The maximum absolute atomic E-state index is 13.2. The van der Waals surface area contributed by atoms with Gasteiger partial charge in [-0.2, -0.15) is 0 Å². The van der Waals surface area contributed by atoms with E-state index in [1.165, 1.54) is 5.56 Å². The van der Waals surface area contributed by atoms with E-state index in [2.05, 4.69) is 5.32 Å². The van der Waals surface area contributed by atoms with Gasteiger partial charge in [-0.25, -0.2) is 0 Å². The summed E-state index contributed by atoms with van der Waals surface area (Å²) in [7, 11) is 1.58. The Balaban J connectivity index is 1.61. The Morgan fingerprint density at radius 1 is 1.03 bits per heavy atom. The molecule has 3 rings (SSSR count). The number of phenolic OH excluding ortho intramolecular Hbond substituents is 1. The van der Waals surface area contributed by atoms with E-state index in [9.17, 15) is 14.7 Å². The molecule has 0 bridgehead atoms. The summed E-state index contributed by atoms with van der Waals surface area (Å²) in [5.41, 5.74) is 1.69. The van der Waals surface area contributed by atoms with E-state index in [0.29, 0.717) is 30.3 Å². The van der Waals surface area contributed by atoms with Crippen molar-refractivity contribution in [3.05, 3.63) is 59.7 Å². The Morgan fingerprint density at radius 3 is 2.17 bits per heavy atom. The lowest BCUT2D eigenvalue weighted by Gasteiger charge is -2.35. The van der Waals surface area contributed by atoms with Crippen molar-refractivity contribution < 1.29 is 19.4 Å². The molecule has 6 nitrogen and oxygen atoms in total. The second-order valence-electron chi connectivity index (χ2n) is 8.11. The van der Waals surface area contributed by atoms with Crippen LogP contribution in [0.2, 0.25) is 0 Å². The summed E-state index contributed by atoms with van der Waals surface area (Å²) in [5, 5.41) is 12.4. The van der Waals surface area contributed by atoms with Gasteiger partial charge in [-0.3, -0.25) is 9.59 Å². The molecular formula is C24H30N2O4. The summed E-state index contributed by atoms with van der Waals surface area (Å²) in [6.07, 6.45) is 1.74. The van der Waals surface area contributed by atoms with E-state index in [1.807, 2.05) is 30.9 Å². The topological polar surface area (TPSA) is 78.9 Å². The zero-order valence-electron chi connectivity index (χ0n) is 17.8. The van der Waals surface area contributed by atoms with Gasteiger partial charge in [0.1, 0.15) is 17.5 Å². The maximum atomic E-state index is 13.2. The summed E-state index contributed by atoms with van der Waals surface area (Å²) < 4.78 is 5.13. The van der Waals surface area contributed by atoms with Crippen LogP contribution >= 0.6 is 0 Å². The molecule has 0 radical (unpaired) electrons. The molecular weight excluding hydrogens is 380 g/mol. The predicted octanol–water partition coefficient (Wildman–Crippen LogP) is 3.56. The average molecular weight is 411 g/mol. The Hall–Kier alpha value is -3.02. The number of phenols is 1. The first-order valence-electron chi connectivity index (χ1n) is 10.4. The van der Waals surface area contributed by atoms with Crippen LogP contribution in [0.25, 0.3) is 0 Å². The third kappa shape index (κ3) is 5.12. The van der Waals surface area contributed by atoms with Gasteiger partial charge >= 0.3 is 0 Å². The van der Waals surface area contributed by atoms with Crippen LogP contribution in [0.4, 0.5) is 0 Å². The molecule has 1 aliphatic heterocycles. The SMILES string of the molecule is COc1ccc(C(=O)NC(C(=O)N2CCC(c3ccc(O)cc3)CC2)C(C)C)cc1. The van der Waals surface area contributed by atoms with Crippen molar-refractivity contribution in [2.45, 2.75) is 38.6 Å². The number of likely N-dealkylation sites (tertiary alicyclic amines) is 1. The van der Waals surface area contributed by atoms with Crippen molar-refractivity contribution in [2.75, 3.05) is 20.2 Å². The molecule has 2 N–H and O–H groups in total. The van der Waals surface area contributed by atoms with Crippen LogP contribution in [0, 0.1) is 5.92 Å². The van der Waals surface area contributed by atoms with Crippen molar-refractivity contribution in [1.29, 1.82) is 0 Å². The largest absolute Gasteiger partial charge is 0.508 e. The standard InChI is InChI=1S/C24H30N2O4/c1-16(2)22(25-23(28)19-6-10-21(30-3)11-7-19)24(29)26-14-12-18(13-15-26)17-4-8-20(27)9-5-17/h4-11,16,18,22,27H,12-15H2,1-3H3,(H,25,28). The second-order valence-corrected chi connectivity index (χ2v) is 8.11. The van der Waals surface area contributed by atoms with Gasteiger partial charge in [0.2, 0.25) is 5.91 Å². The minimum atomic E-state index is -0.565. The quantitative estimate of drug-likeness (QED) is 0.763. The monoisotopic (exact) mass is 410 g/mol. The van der Waals surface area contributed by atoms with Crippen LogP contribution in [-0.2, 0) is 4.79 Å². The number of methoxy groups -OCH3 is 1. The number of hydrogen-bond acceptors (Lipinski definition) is 4. The zero-order chi connectivity index (χ0) is 21.7. The molecule has 0 aliphatic carbocycles. The zero-order valence-corrected chi connectivity index (χ0v) is 17.8. The highest BCUT2D eigenvalue weighted by Gasteiger charge is 2.31. The smallest absolute Gasteiger partial charge is 0.251 e. The summed E-state index contributed by atoms with van der Waals surface area (Å²) >= 11 is 0. The molecule has 2 amide bonds. The molecule has 1 heterocycles. The normalized spacial score (nSPS) is 15.7. The number of nitrogens with one attached hydrogen (secondary N) is 1. The third-order valence-corrected chi connectivity index (χ3v) is 5.74.